The summed E-state index contributed by atoms with van der Waals surface area (Å²) in [5.74, 6) is -0.245. The fraction of sp³-hybridized carbons (Fsp3) is 0.125. The Morgan fingerprint density at radius 3 is 2.68 bits per heavy atom. The third-order valence-corrected chi connectivity index (χ3v) is 2.97. The molecule has 0 saturated heterocycles. The monoisotopic (exact) mass is 297 g/mol. The molecule has 2 aromatic carbocycles. The van der Waals surface area contributed by atoms with Gasteiger partial charge in [-0.3, -0.25) is 14.9 Å². The average Bonchev–Trinajstić information content (AvgIpc) is 2.50. The molecule has 1 N–H and O–H groups in total. The van der Waals surface area contributed by atoms with Crippen LogP contribution in [-0.2, 0) is 11.2 Å². The summed E-state index contributed by atoms with van der Waals surface area (Å²) >= 11 is 0. The summed E-state index contributed by atoms with van der Waals surface area (Å²) in [4.78, 5) is 21.9. The largest absolute Gasteiger partial charge is 0.273 e. The summed E-state index contributed by atoms with van der Waals surface area (Å²) in [5.41, 5.74) is 4.96. The number of nitrogens with zero attached hydrogens (tertiary/aromatic N) is 2. The van der Waals surface area contributed by atoms with Gasteiger partial charge < -0.3 is 0 Å². The maximum absolute atomic E-state index is 11.7. The van der Waals surface area contributed by atoms with E-state index in [-0.39, 0.29) is 18.0 Å². The molecular formula is C16H15N3O3. The van der Waals surface area contributed by atoms with Crippen molar-refractivity contribution in [2.45, 2.75) is 13.3 Å². The molecule has 0 aliphatic rings. The van der Waals surface area contributed by atoms with Gasteiger partial charge in [0.05, 0.1) is 17.6 Å². The molecule has 22 heavy (non-hydrogen) atoms. The second-order valence-electron chi connectivity index (χ2n) is 4.81. The standard InChI is InChI=1S/C16H15N3O3/c1-12-5-7-13(8-6-12)10-16(20)18-17-11-14-3-2-4-15(9-14)19(21)22/h2-9,11H,10H2,1H3,(H,18,20)/b17-11+. The van der Waals surface area contributed by atoms with E-state index >= 15 is 0 Å². The Balaban J connectivity index is 1.91. The number of hydrogen-bond donors (Lipinski definition) is 1. The predicted molar refractivity (Wildman–Crippen MR) is 83.7 cm³/mol. The van der Waals surface area contributed by atoms with Crippen LogP contribution >= 0.6 is 0 Å². The lowest BCUT2D eigenvalue weighted by molar-refractivity contribution is -0.384. The van der Waals surface area contributed by atoms with Crippen molar-refractivity contribution in [2.75, 3.05) is 0 Å². The molecule has 0 radical (unpaired) electrons. The first-order valence-corrected chi connectivity index (χ1v) is 6.66. The van der Waals surface area contributed by atoms with E-state index in [0.717, 1.165) is 11.1 Å². The van der Waals surface area contributed by atoms with E-state index in [9.17, 15) is 14.9 Å². The topological polar surface area (TPSA) is 84.6 Å². The minimum Gasteiger partial charge on any atom is -0.273 e. The van der Waals surface area contributed by atoms with Crippen LogP contribution in [0, 0.1) is 17.0 Å². The molecule has 0 bridgehead atoms. The zero-order valence-electron chi connectivity index (χ0n) is 12.0. The molecule has 0 aliphatic heterocycles. The van der Waals surface area contributed by atoms with Crippen LogP contribution in [0.2, 0.25) is 0 Å². The lowest BCUT2D eigenvalue weighted by Crippen LogP contribution is -2.19. The minimum atomic E-state index is -0.479. The number of carbonyl (C=O) groups excluding carboxylic acids is 1. The number of benzene rings is 2. The van der Waals surface area contributed by atoms with Crippen LogP contribution in [0.25, 0.3) is 0 Å². The third-order valence-electron chi connectivity index (χ3n) is 2.97. The second-order valence-corrected chi connectivity index (χ2v) is 4.81. The van der Waals surface area contributed by atoms with Gasteiger partial charge in [-0.1, -0.05) is 42.0 Å². The van der Waals surface area contributed by atoms with Gasteiger partial charge in [0, 0.05) is 17.7 Å². The quantitative estimate of drug-likeness (QED) is 0.523. The molecular weight excluding hydrogens is 282 g/mol. The number of aryl methyl sites for hydroxylation is 1. The van der Waals surface area contributed by atoms with Gasteiger partial charge in [-0.25, -0.2) is 5.43 Å². The molecule has 2 aromatic rings. The molecule has 0 aromatic heterocycles. The number of hydrazone groups is 1. The first-order valence-electron chi connectivity index (χ1n) is 6.66. The van der Waals surface area contributed by atoms with Gasteiger partial charge in [0.2, 0.25) is 5.91 Å². The van der Waals surface area contributed by atoms with Crippen LogP contribution in [-0.4, -0.2) is 17.0 Å². The van der Waals surface area contributed by atoms with Crippen LogP contribution < -0.4 is 5.43 Å². The van der Waals surface area contributed by atoms with Crippen LogP contribution in [0.1, 0.15) is 16.7 Å². The van der Waals surface area contributed by atoms with Crippen molar-refractivity contribution < 1.29 is 9.72 Å². The van der Waals surface area contributed by atoms with E-state index in [1.54, 1.807) is 12.1 Å². The van der Waals surface area contributed by atoms with E-state index in [4.69, 9.17) is 0 Å². The first-order chi connectivity index (χ1) is 10.5. The van der Waals surface area contributed by atoms with Crippen molar-refractivity contribution in [1.82, 2.24) is 5.43 Å². The summed E-state index contributed by atoms with van der Waals surface area (Å²) < 4.78 is 0. The van der Waals surface area contributed by atoms with Gasteiger partial charge in [0.1, 0.15) is 0 Å². The summed E-state index contributed by atoms with van der Waals surface area (Å²) in [7, 11) is 0. The molecule has 0 aliphatic carbocycles. The van der Waals surface area contributed by atoms with Crippen molar-refractivity contribution in [3.63, 3.8) is 0 Å². The molecule has 0 fully saturated rings. The Morgan fingerprint density at radius 2 is 2.00 bits per heavy atom. The molecule has 0 saturated carbocycles. The van der Waals surface area contributed by atoms with Crippen molar-refractivity contribution >= 4 is 17.8 Å². The molecule has 0 spiro atoms. The number of carbonyl (C=O) groups is 1. The van der Waals surface area contributed by atoms with Crippen LogP contribution in [0.5, 0.6) is 0 Å². The van der Waals surface area contributed by atoms with E-state index in [0.29, 0.717) is 5.56 Å². The zero-order valence-corrected chi connectivity index (χ0v) is 12.0. The van der Waals surface area contributed by atoms with Gasteiger partial charge in [0.25, 0.3) is 5.69 Å². The van der Waals surface area contributed by atoms with Crippen molar-refractivity contribution in [3.05, 3.63) is 75.3 Å². The van der Waals surface area contributed by atoms with E-state index < -0.39 is 4.92 Å². The maximum atomic E-state index is 11.7. The van der Waals surface area contributed by atoms with Crippen molar-refractivity contribution in [1.29, 1.82) is 0 Å². The smallest absolute Gasteiger partial charge is 0.270 e. The molecule has 0 unspecified atom stereocenters. The second kappa shape index (κ2) is 7.12. The van der Waals surface area contributed by atoms with Gasteiger partial charge in [-0.05, 0) is 12.5 Å². The van der Waals surface area contributed by atoms with Gasteiger partial charge >= 0.3 is 0 Å². The molecule has 6 heteroatoms. The highest BCUT2D eigenvalue weighted by molar-refractivity contribution is 5.83. The summed E-state index contributed by atoms with van der Waals surface area (Å²) in [6.07, 6.45) is 1.60. The van der Waals surface area contributed by atoms with Crippen molar-refractivity contribution in [3.8, 4) is 0 Å². The highest BCUT2D eigenvalue weighted by Gasteiger charge is 2.04. The number of nitro benzene ring substituents is 1. The van der Waals surface area contributed by atoms with E-state index in [2.05, 4.69) is 10.5 Å². The van der Waals surface area contributed by atoms with Gasteiger partial charge in [-0.2, -0.15) is 5.10 Å². The fourth-order valence-electron chi connectivity index (χ4n) is 1.83. The number of non-ortho nitro benzene ring substituents is 1. The summed E-state index contributed by atoms with van der Waals surface area (Å²) in [6.45, 7) is 1.98. The number of nitrogens with one attached hydrogen (secondary N) is 1. The highest BCUT2D eigenvalue weighted by Crippen LogP contribution is 2.11. The summed E-state index contributed by atoms with van der Waals surface area (Å²) in [5, 5.41) is 14.5. The Morgan fingerprint density at radius 1 is 1.27 bits per heavy atom. The normalized spacial score (nSPS) is 10.6. The molecule has 112 valence electrons. The Labute approximate surface area is 127 Å². The molecule has 0 heterocycles. The Bertz CT molecular complexity index is 709. The van der Waals surface area contributed by atoms with Gasteiger partial charge in [0.15, 0.2) is 0 Å². The van der Waals surface area contributed by atoms with Gasteiger partial charge in [-0.15, -0.1) is 0 Å². The fourth-order valence-corrected chi connectivity index (χ4v) is 1.83. The van der Waals surface area contributed by atoms with Crippen LogP contribution in [0.15, 0.2) is 53.6 Å². The van der Waals surface area contributed by atoms with Crippen LogP contribution in [0.3, 0.4) is 0 Å². The number of hydrogen-bond acceptors (Lipinski definition) is 4. The predicted octanol–water partition coefficient (Wildman–Crippen LogP) is 2.60. The Kier molecular flexibility index (Phi) is 4.98. The lowest BCUT2D eigenvalue weighted by atomic mass is 10.1. The Hall–Kier alpha value is -3.02. The lowest BCUT2D eigenvalue weighted by Gasteiger charge is -2.01. The number of rotatable bonds is 5. The molecule has 1 amide bonds. The minimum absolute atomic E-state index is 0.0186. The number of nitro groups is 1. The SMILES string of the molecule is Cc1ccc(CC(=O)N/N=C/c2cccc([N+](=O)[O-])c2)cc1. The highest BCUT2D eigenvalue weighted by atomic mass is 16.6. The first kappa shape index (κ1) is 15.4. The summed E-state index contributed by atoms with van der Waals surface area (Å²) in [6, 6.07) is 13.7. The molecule has 2 rings (SSSR count). The molecule has 0 atom stereocenters. The zero-order chi connectivity index (χ0) is 15.9. The average molecular weight is 297 g/mol. The van der Waals surface area contributed by atoms with E-state index in [1.165, 1.54) is 18.3 Å². The number of amides is 1. The maximum Gasteiger partial charge on any atom is 0.270 e. The van der Waals surface area contributed by atoms with Crippen LogP contribution in [0.4, 0.5) is 5.69 Å². The van der Waals surface area contributed by atoms with Crippen molar-refractivity contribution in [2.24, 2.45) is 5.10 Å². The molecule has 6 nitrogen and oxygen atoms in total. The van der Waals surface area contributed by atoms with E-state index in [1.807, 2.05) is 31.2 Å². The third kappa shape index (κ3) is 4.52.